The summed E-state index contributed by atoms with van der Waals surface area (Å²) in [6.07, 6.45) is 1.38. The first-order chi connectivity index (χ1) is 7.42. The fourth-order valence-electron chi connectivity index (χ4n) is 1.28. The lowest BCUT2D eigenvalue weighted by atomic mass is 9.95. The van der Waals surface area contributed by atoms with E-state index in [-0.39, 0.29) is 0 Å². The molecule has 16 heavy (non-hydrogen) atoms. The highest BCUT2D eigenvalue weighted by atomic mass is 16.6. The molecule has 0 aromatic carbocycles. The summed E-state index contributed by atoms with van der Waals surface area (Å²) in [6.45, 7) is 9.07. The molecule has 1 unspecified atom stereocenters. The molecule has 1 atom stereocenters. The zero-order valence-corrected chi connectivity index (χ0v) is 10.8. The zero-order chi connectivity index (χ0) is 12.6. The van der Waals surface area contributed by atoms with Crippen LogP contribution >= 0.6 is 0 Å². The molecular weight excluding hydrogens is 208 g/mol. The molecule has 0 aromatic rings. The van der Waals surface area contributed by atoms with Gasteiger partial charge >= 0.3 is 5.97 Å². The lowest BCUT2D eigenvalue weighted by Crippen LogP contribution is -2.39. The standard InChI is InChI=1S/C12H24O4/c1-5-15-8-9-16-12(4,11(13)14)7-6-10(2)3/h10H,5-9H2,1-4H3,(H,13,14). The summed E-state index contributed by atoms with van der Waals surface area (Å²) >= 11 is 0. The van der Waals surface area contributed by atoms with E-state index in [1.165, 1.54) is 0 Å². The van der Waals surface area contributed by atoms with Crippen LogP contribution < -0.4 is 0 Å². The van der Waals surface area contributed by atoms with Crippen LogP contribution in [0.15, 0.2) is 0 Å². The van der Waals surface area contributed by atoms with Crippen molar-refractivity contribution < 1.29 is 19.4 Å². The van der Waals surface area contributed by atoms with E-state index in [0.717, 1.165) is 6.42 Å². The molecule has 0 rings (SSSR count). The number of rotatable bonds is 9. The Balaban J connectivity index is 4.07. The maximum atomic E-state index is 11.1. The van der Waals surface area contributed by atoms with Gasteiger partial charge in [-0.25, -0.2) is 4.79 Å². The van der Waals surface area contributed by atoms with Crippen molar-refractivity contribution >= 4 is 5.97 Å². The van der Waals surface area contributed by atoms with Crippen LogP contribution in [0, 0.1) is 5.92 Å². The Labute approximate surface area is 97.9 Å². The number of carboxylic acids is 1. The van der Waals surface area contributed by atoms with Gasteiger partial charge in [-0.05, 0) is 32.6 Å². The van der Waals surface area contributed by atoms with Crippen LogP contribution in [0.4, 0.5) is 0 Å². The molecule has 0 saturated heterocycles. The third kappa shape index (κ3) is 6.08. The smallest absolute Gasteiger partial charge is 0.335 e. The normalized spacial score (nSPS) is 15.1. The maximum Gasteiger partial charge on any atom is 0.335 e. The second-order valence-electron chi connectivity index (χ2n) is 4.51. The third-order valence-corrected chi connectivity index (χ3v) is 2.50. The molecule has 0 spiro atoms. The van der Waals surface area contributed by atoms with Gasteiger partial charge in [0.25, 0.3) is 0 Å². The van der Waals surface area contributed by atoms with Crippen LogP contribution in [-0.2, 0) is 14.3 Å². The van der Waals surface area contributed by atoms with E-state index in [0.29, 0.717) is 32.2 Å². The Kier molecular flexibility index (Phi) is 7.34. The summed E-state index contributed by atoms with van der Waals surface area (Å²) in [5.74, 6) is -0.418. The quantitative estimate of drug-likeness (QED) is 0.620. The molecule has 0 aliphatic heterocycles. The fourth-order valence-corrected chi connectivity index (χ4v) is 1.28. The van der Waals surface area contributed by atoms with E-state index in [2.05, 4.69) is 13.8 Å². The number of hydrogen-bond acceptors (Lipinski definition) is 3. The second-order valence-corrected chi connectivity index (χ2v) is 4.51. The summed E-state index contributed by atoms with van der Waals surface area (Å²) in [4.78, 5) is 11.1. The largest absolute Gasteiger partial charge is 0.479 e. The van der Waals surface area contributed by atoms with Gasteiger partial charge in [0, 0.05) is 6.61 Å². The number of ether oxygens (including phenoxy) is 2. The molecule has 0 aliphatic carbocycles. The highest BCUT2D eigenvalue weighted by Gasteiger charge is 2.33. The molecule has 0 aromatic heterocycles. The molecule has 0 fully saturated rings. The molecule has 4 nitrogen and oxygen atoms in total. The van der Waals surface area contributed by atoms with Crippen molar-refractivity contribution in [3.05, 3.63) is 0 Å². The van der Waals surface area contributed by atoms with Gasteiger partial charge in [0.15, 0.2) is 5.60 Å². The van der Waals surface area contributed by atoms with Crippen LogP contribution in [-0.4, -0.2) is 36.5 Å². The third-order valence-electron chi connectivity index (χ3n) is 2.50. The first-order valence-corrected chi connectivity index (χ1v) is 5.87. The first kappa shape index (κ1) is 15.4. The summed E-state index contributed by atoms with van der Waals surface area (Å²) in [7, 11) is 0. The molecule has 4 heteroatoms. The molecule has 0 saturated carbocycles. The molecule has 1 N–H and O–H groups in total. The van der Waals surface area contributed by atoms with E-state index >= 15 is 0 Å². The fraction of sp³-hybridized carbons (Fsp3) is 0.917. The number of carboxylic acid groups (broad SMARTS) is 1. The average molecular weight is 232 g/mol. The minimum absolute atomic E-state index is 0.328. The van der Waals surface area contributed by atoms with Gasteiger partial charge in [0.05, 0.1) is 13.2 Å². The summed E-state index contributed by atoms with van der Waals surface area (Å²) in [5, 5.41) is 9.14. The Morgan fingerprint density at radius 1 is 1.38 bits per heavy atom. The topological polar surface area (TPSA) is 55.8 Å². The maximum absolute atomic E-state index is 11.1. The van der Waals surface area contributed by atoms with Gasteiger partial charge in [0.2, 0.25) is 0 Å². The first-order valence-electron chi connectivity index (χ1n) is 5.87. The van der Waals surface area contributed by atoms with Crippen LogP contribution in [0.1, 0.15) is 40.5 Å². The van der Waals surface area contributed by atoms with Crippen molar-refractivity contribution in [2.45, 2.75) is 46.1 Å². The van der Waals surface area contributed by atoms with Gasteiger partial charge in [-0.3, -0.25) is 0 Å². The van der Waals surface area contributed by atoms with Crippen molar-refractivity contribution in [3.8, 4) is 0 Å². The Morgan fingerprint density at radius 3 is 2.44 bits per heavy atom. The van der Waals surface area contributed by atoms with Crippen molar-refractivity contribution in [2.24, 2.45) is 5.92 Å². The van der Waals surface area contributed by atoms with E-state index in [4.69, 9.17) is 14.6 Å². The van der Waals surface area contributed by atoms with Crippen LogP contribution in [0.2, 0.25) is 0 Å². The highest BCUT2D eigenvalue weighted by Crippen LogP contribution is 2.21. The van der Waals surface area contributed by atoms with Crippen LogP contribution in [0.25, 0.3) is 0 Å². The van der Waals surface area contributed by atoms with Crippen molar-refractivity contribution in [1.29, 1.82) is 0 Å². The summed E-state index contributed by atoms with van der Waals surface area (Å²) < 4.78 is 10.5. The number of aliphatic carboxylic acids is 1. The summed E-state index contributed by atoms with van der Waals surface area (Å²) in [5.41, 5.74) is -1.08. The van der Waals surface area contributed by atoms with Crippen LogP contribution in [0.3, 0.4) is 0 Å². The van der Waals surface area contributed by atoms with E-state index < -0.39 is 11.6 Å². The molecule has 0 bridgehead atoms. The molecule has 0 radical (unpaired) electrons. The van der Waals surface area contributed by atoms with Gasteiger partial charge in [-0.2, -0.15) is 0 Å². The van der Waals surface area contributed by atoms with E-state index in [1.54, 1.807) is 6.92 Å². The molecule has 96 valence electrons. The minimum Gasteiger partial charge on any atom is -0.479 e. The number of carbonyl (C=O) groups is 1. The van der Waals surface area contributed by atoms with E-state index in [9.17, 15) is 4.79 Å². The van der Waals surface area contributed by atoms with Gasteiger partial charge in [0.1, 0.15) is 0 Å². The SMILES string of the molecule is CCOCCOC(C)(CCC(C)C)C(=O)O. The Morgan fingerprint density at radius 2 is 2.00 bits per heavy atom. The zero-order valence-electron chi connectivity index (χ0n) is 10.8. The van der Waals surface area contributed by atoms with Crippen molar-refractivity contribution in [1.82, 2.24) is 0 Å². The van der Waals surface area contributed by atoms with Gasteiger partial charge in [-0.1, -0.05) is 13.8 Å². The van der Waals surface area contributed by atoms with Crippen molar-refractivity contribution in [2.75, 3.05) is 19.8 Å². The van der Waals surface area contributed by atoms with Crippen LogP contribution in [0.5, 0.6) is 0 Å². The predicted molar refractivity (Wildman–Crippen MR) is 62.6 cm³/mol. The second kappa shape index (κ2) is 7.63. The predicted octanol–water partition coefficient (Wildman–Crippen LogP) is 2.32. The molecule has 0 aliphatic rings. The van der Waals surface area contributed by atoms with Gasteiger partial charge in [-0.15, -0.1) is 0 Å². The van der Waals surface area contributed by atoms with Crippen molar-refractivity contribution in [3.63, 3.8) is 0 Å². The Bertz CT molecular complexity index is 203. The lowest BCUT2D eigenvalue weighted by molar-refractivity contribution is -0.166. The molecular formula is C12H24O4. The highest BCUT2D eigenvalue weighted by molar-refractivity contribution is 5.76. The lowest BCUT2D eigenvalue weighted by Gasteiger charge is -2.26. The van der Waals surface area contributed by atoms with E-state index in [1.807, 2.05) is 6.92 Å². The van der Waals surface area contributed by atoms with Gasteiger partial charge < -0.3 is 14.6 Å². The minimum atomic E-state index is -1.08. The summed E-state index contributed by atoms with van der Waals surface area (Å²) in [6, 6.07) is 0. The average Bonchev–Trinajstić information content (AvgIpc) is 2.21. The molecule has 0 heterocycles. The molecule has 0 amide bonds. The number of hydrogen-bond donors (Lipinski definition) is 1. The monoisotopic (exact) mass is 232 g/mol. The Hall–Kier alpha value is -0.610.